The monoisotopic (exact) mass is 258 g/mol. The molecule has 2 aliphatic rings. The van der Waals surface area contributed by atoms with Crippen LogP contribution in [0.3, 0.4) is 0 Å². The molecule has 3 nitrogen and oxygen atoms in total. The molecule has 1 amide bonds. The molecule has 0 saturated carbocycles. The topological polar surface area (TPSA) is 41.1 Å². The lowest BCUT2D eigenvalue weighted by molar-refractivity contribution is 0.0906. The number of fused-ring (bicyclic) bond motifs is 2. The third-order valence-corrected chi connectivity index (χ3v) is 4.44. The van der Waals surface area contributed by atoms with E-state index < -0.39 is 0 Å². The first-order valence-corrected chi connectivity index (χ1v) is 7.35. The van der Waals surface area contributed by atoms with Gasteiger partial charge in [0.2, 0.25) is 0 Å². The van der Waals surface area contributed by atoms with Crippen LogP contribution in [0.5, 0.6) is 0 Å². The smallest absolute Gasteiger partial charge is 0.251 e. The lowest BCUT2D eigenvalue weighted by atomic mass is 9.84. The number of hydrogen-bond acceptors (Lipinski definition) is 2. The highest BCUT2D eigenvalue weighted by molar-refractivity contribution is 5.95. The molecular formula is C16H22N2O. The zero-order valence-electron chi connectivity index (χ0n) is 11.5. The van der Waals surface area contributed by atoms with Gasteiger partial charge < -0.3 is 10.6 Å². The van der Waals surface area contributed by atoms with E-state index in [9.17, 15) is 4.79 Å². The molecule has 2 heterocycles. The van der Waals surface area contributed by atoms with Crippen LogP contribution >= 0.6 is 0 Å². The Kier molecular flexibility index (Phi) is 3.56. The van der Waals surface area contributed by atoms with Gasteiger partial charge in [0.1, 0.15) is 0 Å². The Morgan fingerprint density at radius 3 is 2.58 bits per heavy atom. The van der Waals surface area contributed by atoms with Crippen molar-refractivity contribution in [3.05, 3.63) is 35.4 Å². The normalized spacial score (nSPS) is 29.8. The highest BCUT2D eigenvalue weighted by atomic mass is 16.1. The summed E-state index contributed by atoms with van der Waals surface area (Å²) in [4.78, 5) is 12.3. The minimum absolute atomic E-state index is 0.0862. The van der Waals surface area contributed by atoms with Crippen molar-refractivity contribution >= 4 is 5.91 Å². The van der Waals surface area contributed by atoms with E-state index in [1.165, 1.54) is 19.3 Å². The minimum Gasteiger partial charge on any atom is -0.349 e. The second kappa shape index (κ2) is 5.33. The molecule has 2 saturated heterocycles. The van der Waals surface area contributed by atoms with E-state index >= 15 is 0 Å². The first-order chi connectivity index (χ1) is 9.22. The van der Waals surface area contributed by atoms with E-state index in [4.69, 9.17) is 0 Å². The number of hydrogen-bond donors (Lipinski definition) is 2. The summed E-state index contributed by atoms with van der Waals surface area (Å²) in [5.41, 5.74) is 1.86. The SMILES string of the molecule is Cc1ccccc1C(=O)NC1C[C@H]2CCC[C@H](C1)N2. The Hall–Kier alpha value is -1.35. The van der Waals surface area contributed by atoms with E-state index in [1.807, 2.05) is 31.2 Å². The number of carbonyl (C=O) groups is 1. The van der Waals surface area contributed by atoms with E-state index in [0.717, 1.165) is 24.0 Å². The predicted octanol–water partition coefficient (Wildman–Crippen LogP) is 2.40. The number of piperidine rings is 2. The molecule has 102 valence electrons. The molecule has 3 rings (SSSR count). The maximum absolute atomic E-state index is 12.3. The second-order valence-corrected chi connectivity index (χ2v) is 5.95. The average Bonchev–Trinajstić information content (AvgIpc) is 2.38. The summed E-state index contributed by atoms with van der Waals surface area (Å²) in [7, 11) is 0. The van der Waals surface area contributed by atoms with Crippen molar-refractivity contribution in [3.8, 4) is 0 Å². The number of nitrogens with one attached hydrogen (secondary N) is 2. The van der Waals surface area contributed by atoms with Gasteiger partial charge in [0, 0.05) is 23.7 Å². The maximum Gasteiger partial charge on any atom is 0.251 e. The molecule has 2 aliphatic heterocycles. The molecule has 0 aromatic heterocycles. The van der Waals surface area contributed by atoms with Gasteiger partial charge in [0.25, 0.3) is 5.91 Å². The Bertz CT molecular complexity index is 460. The molecule has 1 aromatic rings. The minimum atomic E-state index is 0.0862. The van der Waals surface area contributed by atoms with Gasteiger partial charge in [-0.1, -0.05) is 24.6 Å². The van der Waals surface area contributed by atoms with Crippen molar-refractivity contribution in [2.45, 2.75) is 57.2 Å². The van der Waals surface area contributed by atoms with Crippen molar-refractivity contribution in [1.82, 2.24) is 10.6 Å². The van der Waals surface area contributed by atoms with Gasteiger partial charge in [0.15, 0.2) is 0 Å². The molecule has 2 atom stereocenters. The Balaban J connectivity index is 1.65. The predicted molar refractivity (Wildman–Crippen MR) is 76.2 cm³/mol. The third-order valence-electron chi connectivity index (χ3n) is 4.44. The summed E-state index contributed by atoms with van der Waals surface area (Å²) in [6, 6.07) is 9.35. The Labute approximate surface area is 114 Å². The average molecular weight is 258 g/mol. The van der Waals surface area contributed by atoms with Crippen LogP contribution in [0.2, 0.25) is 0 Å². The summed E-state index contributed by atoms with van der Waals surface area (Å²) >= 11 is 0. The van der Waals surface area contributed by atoms with E-state index in [-0.39, 0.29) is 5.91 Å². The largest absolute Gasteiger partial charge is 0.349 e. The van der Waals surface area contributed by atoms with Gasteiger partial charge in [-0.15, -0.1) is 0 Å². The molecule has 0 radical (unpaired) electrons. The van der Waals surface area contributed by atoms with Crippen molar-refractivity contribution < 1.29 is 4.79 Å². The first kappa shape index (κ1) is 12.7. The van der Waals surface area contributed by atoms with E-state index in [2.05, 4.69) is 10.6 Å². The number of benzene rings is 1. The number of amides is 1. The Morgan fingerprint density at radius 2 is 1.89 bits per heavy atom. The summed E-state index contributed by atoms with van der Waals surface area (Å²) in [5, 5.41) is 6.88. The fourth-order valence-corrected chi connectivity index (χ4v) is 3.47. The molecule has 0 spiro atoms. The highest BCUT2D eigenvalue weighted by Crippen LogP contribution is 2.26. The summed E-state index contributed by atoms with van der Waals surface area (Å²) in [6.45, 7) is 1.99. The molecule has 0 unspecified atom stereocenters. The van der Waals surface area contributed by atoms with Crippen LogP contribution in [-0.2, 0) is 0 Å². The maximum atomic E-state index is 12.3. The number of carbonyl (C=O) groups excluding carboxylic acids is 1. The van der Waals surface area contributed by atoms with Gasteiger partial charge in [-0.2, -0.15) is 0 Å². The van der Waals surface area contributed by atoms with Crippen LogP contribution in [0, 0.1) is 6.92 Å². The molecule has 19 heavy (non-hydrogen) atoms. The molecule has 3 heteroatoms. The molecular weight excluding hydrogens is 236 g/mol. The van der Waals surface area contributed by atoms with Crippen LogP contribution in [0.1, 0.15) is 48.0 Å². The lowest BCUT2D eigenvalue weighted by Gasteiger charge is -2.40. The van der Waals surface area contributed by atoms with Gasteiger partial charge in [-0.3, -0.25) is 4.79 Å². The number of aryl methyl sites for hydroxylation is 1. The van der Waals surface area contributed by atoms with Crippen LogP contribution in [0.4, 0.5) is 0 Å². The molecule has 2 N–H and O–H groups in total. The standard InChI is InChI=1S/C16H22N2O/c1-11-5-2-3-8-15(11)16(19)18-14-9-12-6-4-7-13(10-14)17-12/h2-3,5,8,12-14,17H,4,6-7,9-10H2,1H3,(H,18,19)/t12-,13-/m1/s1. The second-order valence-electron chi connectivity index (χ2n) is 5.95. The zero-order valence-corrected chi connectivity index (χ0v) is 11.5. The van der Waals surface area contributed by atoms with Gasteiger partial charge in [0.05, 0.1) is 0 Å². The quantitative estimate of drug-likeness (QED) is 0.855. The van der Waals surface area contributed by atoms with E-state index in [0.29, 0.717) is 18.1 Å². The fourth-order valence-electron chi connectivity index (χ4n) is 3.47. The van der Waals surface area contributed by atoms with Crippen molar-refractivity contribution in [2.75, 3.05) is 0 Å². The van der Waals surface area contributed by atoms with Crippen LogP contribution in [0.15, 0.2) is 24.3 Å². The zero-order chi connectivity index (χ0) is 13.2. The van der Waals surface area contributed by atoms with Gasteiger partial charge >= 0.3 is 0 Å². The fraction of sp³-hybridized carbons (Fsp3) is 0.562. The van der Waals surface area contributed by atoms with Crippen LogP contribution < -0.4 is 10.6 Å². The summed E-state index contributed by atoms with van der Waals surface area (Å²) in [6.07, 6.45) is 6.00. The van der Waals surface area contributed by atoms with E-state index in [1.54, 1.807) is 0 Å². The lowest BCUT2D eigenvalue weighted by Crippen LogP contribution is -2.54. The molecule has 2 fully saturated rings. The van der Waals surface area contributed by atoms with Crippen LogP contribution in [0.25, 0.3) is 0 Å². The van der Waals surface area contributed by atoms with Gasteiger partial charge in [-0.05, 0) is 44.2 Å². The Morgan fingerprint density at radius 1 is 1.21 bits per heavy atom. The van der Waals surface area contributed by atoms with Crippen molar-refractivity contribution in [1.29, 1.82) is 0 Å². The third kappa shape index (κ3) is 2.81. The molecule has 0 aliphatic carbocycles. The van der Waals surface area contributed by atoms with Crippen molar-refractivity contribution in [2.24, 2.45) is 0 Å². The first-order valence-electron chi connectivity index (χ1n) is 7.35. The van der Waals surface area contributed by atoms with Crippen molar-refractivity contribution in [3.63, 3.8) is 0 Å². The highest BCUT2D eigenvalue weighted by Gasteiger charge is 2.31. The van der Waals surface area contributed by atoms with Crippen LogP contribution in [-0.4, -0.2) is 24.0 Å². The molecule has 2 bridgehead atoms. The summed E-state index contributed by atoms with van der Waals surface area (Å²) < 4.78 is 0. The summed E-state index contributed by atoms with van der Waals surface area (Å²) in [5.74, 6) is 0.0862. The molecule has 1 aromatic carbocycles. The van der Waals surface area contributed by atoms with Gasteiger partial charge in [-0.25, -0.2) is 0 Å². The number of rotatable bonds is 2.